The summed E-state index contributed by atoms with van der Waals surface area (Å²) in [6.45, 7) is 5.24. The molecule has 1 aromatic carbocycles. The fraction of sp³-hybridized carbons (Fsp3) is 0.424. The van der Waals surface area contributed by atoms with Crippen LogP contribution >= 0.6 is 0 Å². The Kier molecular flexibility index (Phi) is 12.8. The normalized spacial score (nSPS) is 18.4. The lowest BCUT2D eigenvalue weighted by Gasteiger charge is -2.30. The average Bonchev–Trinajstić information content (AvgIpc) is 3.26. The molecular weight excluding hydrogens is 713 g/mol. The molecule has 0 saturated heterocycles. The van der Waals surface area contributed by atoms with Gasteiger partial charge in [-0.25, -0.2) is 4.58 Å². The van der Waals surface area contributed by atoms with Gasteiger partial charge in [0.15, 0.2) is 0 Å². The molecule has 2 heterocycles. The van der Waals surface area contributed by atoms with E-state index in [9.17, 15) is 39.5 Å². The summed E-state index contributed by atoms with van der Waals surface area (Å²) in [5.74, 6) is -0.268. The number of hydrogen-bond donors (Lipinski definition) is 4. The fourth-order valence-corrected chi connectivity index (χ4v) is 7.75. The van der Waals surface area contributed by atoms with Crippen molar-refractivity contribution in [3.05, 3.63) is 83.1 Å². The highest BCUT2D eigenvalue weighted by molar-refractivity contribution is 7.86. The zero-order valence-corrected chi connectivity index (χ0v) is 30.3. The molecule has 3 aliphatic rings. The van der Waals surface area contributed by atoms with E-state index in [-0.39, 0.29) is 49.7 Å². The Bertz CT molecular complexity index is 2110. The summed E-state index contributed by atoms with van der Waals surface area (Å²) in [6, 6.07) is 11.6. The van der Waals surface area contributed by atoms with Crippen molar-refractivity contribution >= 4 is 42.1 Å². The maximum Gasteiger partial charge on any atom is 0.294 e. The number of rotatable bonds is 17. The molecule has 1 aliphatic carbocycles. The van der Waals surface area contributed by atoms with Gasteiger partial charge in [-0.05, 0) is 74.2 Å². The Morgan fingerprint density at radius 2 is 1.66 bits per heavy atom. The summed E-state index contributed by atoms with van der Waals surface area (Å²) >= 11 is 0. The molecule has 0 amide bonds. The summed E-state index contributed by atoms with van der Waals surface area (Å²) in [6.07, 6.45) is 7.56. The minimum absolute atomic E-state index is 0.0541. The number of hydrogen-bond acceptors (Lipinski definition) is 10. The van der Waals surface area contributed by atoms with Gasteiger partial charge in [-0.3, -0.25) is 13.7 Å². The molecule has 14 nitrogen and oxygen atoms in total. The lowest BCUT2D eigenvalue weighted by atomic mass is 9.77. The molecule has 4 N–H and O–H groups in total. The van der Waals surface area contributed by atoms with Gasteiger partial charge in [-0.1, -0.05) is 12.2 Å². The Morgan fingerprint density at radius 1 is 0.940 bits per heavy atom. The van der Waals surface area contributed by atoms with Crippen molar-refractivity contribution in [1.82, 2.24) is 4.58 Å². The standard InChI is InChI=1S/C33H42N2O12S3/c1-3-34(15-6-22-49(40,41)42)26-9-11-28-25(13-18-47-31(28)23-26)7-4-8-32-33(2,14-5-21-48(37,38)39)29-24-27(50(43,44)45)10-12-30(29)35(32)16-19-46-20-17-36/h4,7-13,18,23-24,36H,3,5-6,14-17,19-22H2,1-2H3,(H2-,37,38,39,40,41,42,43,44,45)/p+1. The van der Waals surface area contributed by atoms with Crippen LogP contribution in [0.4, 0.5) is 5.69 Å². The van der Waals surface area contributed by atoms with Gasteiger partial charge in [-0.15, -0.1) is 0 Å². The van der Waals surface area contributed by atoms with Crippen LogP contribution in [-0.4, -0.2) is 95.0 Å². The van der Waals surface area contributed by atoms with E-state index in [0.717, 1.165) is 16.5 Å². The number of allylic oxidation sites excluding steroid dienone is 3. The first kappa shape index (κ1) is 39.4. The van der Waals surface area contributed by atoms with Crippen molar-refractivity contribution in [2.75, 3.05) is 55.9 Å². The first-order valence-corrected chi connectivity index (χ1v) is 20.6. The molecule has 1 unspecified atom stereocenters. The van der Waals surface area contributed by atoms with E-state index in [1.165, 1.54) is 12.1 Å². The third kappa shape index (κ3) is 10.1. The summed E-state index contributed by atoms with van der Waals surface area (Å²) in [5, 5.41) is 10.0. The van der Waals surface area contributed by atoms with Gasteiger partial charge in [0.05, 0.1) is 48.6 Å². The summed E-state index contributed by atoms with van der Waals surface area (Å²) < 4.78 is 111. The van der Waals surface area contributed by atoms with E-state index in [1.807, 2.05) is 59.8 Å². The second-order valence-corrected chi connectivity index (χ2v) is 16.6. The van der Waals surface area contributed by atoms with E-state index < -0.39 is 41.5 Å². The van der Waals surface area contributed by atoms with Gasteiger partial charge in [0, 0.05) is 41.4 Å². The van der Waals surface area contributed by atoms with Crippen LogP contribution in [0, 0.1) is 0 Å². The van der Waals surface area contributed by atoms with Gasteiger partial charge in [0.1, 0.15) is 18.8 Å². The summed E-state index contributed by atoms with van der Waals surface area (Å²) in [5.41, 5.74) is 2.50. The molecule has 0 aromatic heterocycles. The predicted molar refractivity (Wildman–Crippen MR) is 189 cm³/mol. The Morgan fingerprint density at radius 3 is 2.32 bits per heavy atom. The lowest BCUT2D eigenvalue weighted by molar-refractivity contribution is 0.0971. The molecule has 1 atom stereocenters. The second-order valence-electron chi connectivity index (χ2n) is 12.1. The maximum atomic E-state index is 12.1. The average molecular weight is 756 g/mol. The first-order chi connectivity index (χ1) is 23.5. The zero-order chi connectivity index (χ0) is 36.7. The molecule has 50 heavy (non-hydrogen) atoms. The highest BCUT2D eigenvalue weighted by Gasteiger charge is 2.43. The molecule has 4 rings (SSSR count). The van der Waals surface area contributed by atoms with Gasteiger partial charge >= 0.3 is 0 Å². The molecule has 2 aliphatic heterocycles. The fourth-order valence-electron chi connectivity index (χ4n) is 6.24. The number of ether oxygens (including phenoxy) is 1. The van der Waals surface area contributed by atoms with Gasteiger partial charge in [-0.2, -0.15) is 25.3 Å². The number of benzene rings is 2. The van der Waals surface area contributed by atoms with Crippen molar-refractivity contribution in [2.45, 2.75) is 43.4 Å². The van der Waals surface area contributed by atoms with Crippen molar-refractivity contribution in [3.8, 4) is 11.3 Å². The monoisotopic (exact) mass is 755 g/mol. The highest BCUT2D eigenvalue weighted by atomic mass is 32.2. The van der Waals surface area contributed by atoms with Crippen LogP contribution in [0.25, 0.3) is 17.4 Å². The second kappa shape index (κ2) is 16.3. The van der Waals surface area contributed by atoms with Crippen LogP contribution in [0.5, 0.6) is 0 Å². The smallest absolute Gasteiger partial charge is 0.294 e. The number of aliphatic hydroxyl groups is 1. The van der Waals surface area contributed by atoms with E-state index in [1.54, 1.807) is 18.4 Å². The largest absolute Gasteiger partial charge is 0.464 e. The van der Waals surface area contributed by atoms with E-state index in [4.69, 9.17) is 13.7 Å². The summed E-state index contributed by atoms with van der Waals surface area (Å²) in [7, 11) is -12.9. The van der Waals surface area contributed by atoms with E-state index >= 15 is 0 Å². The quantitative estimate of drug-likeness (QED) is 0.0888. The summed E-state index contributed by atoms with van der Waals surface area (Å²) in [4.78, 5) is 1.61. The van der Waals surface area contributed by atoms with Crippen LogP contribution in [0.3, 0.4) is 0 Å². The molecule has 0 spiro atoms. The van der Waals surface area contributed by atoms with Crippen molar-refractivity contribution < 1.29 is 53.2 Å². The molecule has 1 aromatic rings. The van der Waals surface area contributed by atoms with Crippen LogP contribution in [0.2, 0.25) is 0 Å². The molecular formula is C33H43N2O12S3+. The predicted octanol–water partition coefficient (Wildman–Crippen LogP) is 3.05. The SMILES string of the molecule is CC[N+](CCCS(=O)(=O)O)=c1ccc2c(C=CC=C3N(CCOCCO)c4ccc(S(=O)(=O)O)cc4C3(C)CCCS(=O)(=O)O)ccoc-2c1. The topological polar surface area (TPSA) is 212 Å². The Hall–Kier alpha value is -3.42. The van der Waals surface area contributed by atoms with Crippen molar-refractivity contribution in [2.24, 2.45) is 0 Å². The molecule has 274 valence electrons. The molecule has 0 radical (unpaired) electrons. The molecule has 0 fully saturated rings. The minimum atomic E-state index is -4.56. The molecule has 0 saturated carbocycles. The van der Waals surface area contributed by atoms with Gasteiger partial charge < -0.3 is 19.2 Å². The first-order valence-electron chi connectivity index (χ1n) is 15.9. The van der Waals surface area contributed by atoms with Gasteiger partial charge in [0.2, 0.25) is 5.36 Å². The van der Waals surface area contributed by atoms with Crippen LogP contribution < -0.4 is 14.8 Å². The molecule has 17 heteroatoms. The Balaban J connectivity index is 1.76. The Labute approximate surface area is 292 Å². The van der Waals surface area contributed by atoms with Gasteiger partial charge in [0.25, 0.3) is 30.4 Å². The number of anilines is 1. The third-order valence-electron chi connectivity index (χ3n) is 8.61. The third-order valence-corrected chi connectivity index (χ3v) is 11.1. The van der Waals surface area contributed by atoms with Crippen molar-refractivity contribution in [1.29, 1.82) is 0 Å². The van der Waals surface area contributed by atoms with E-state index in [2.05, 4.69) is 0 Å². The van der Waals surface area contributed by atoms with Crippen molar-refractivity contribution in [3.63, 3.8) is 0 Å². The minimum Gasteiger partial charge on any atom is -0.464 e. The number of fused-ring (bicyclic) bond motifs is 2. The van der Waals surface area contributed by atoms with Crippen LogP contribution in [0.15, 0.2) is 75.9 Å². The zero-order valence-electron chi connectivity index (χ0n) is 27.8. The maximum absolute atomic E-state index is 12.1. The number of nitrogens with zero attached hydrogens (tertiary/aromatic N) is 2. The number of aliphatic hydroxyl groups excluding tert-OH is 1. The molecule has 0 bridgehead atoms. The van der Waals surface area contributed by atoms with E-state index in [0.29, 0.717) is 42.3 Å². The van der Waals surface area contributed by atoms with Crippen LogP contribution in [0.1, 0.15) is 44.2 Å². The lowest BCUT2D eigenvalue weighted by Crippen LogP contribution is -2.31. The van der Waals surface area contributed by atoms with Crippen LogP contribution in [-0.2, 0) is 40.5 Å². The highest BCUT2D eigenvalue weighted by Crippen LogP contribution is 2.51.